The van der Waals surface area contributed by atoms with E-state index in [0.717, 1.165) is 0 Å². The number of H-pyrrole nitrogens is 1. The van der Waals surface area contributed by atoms with Crippen molar-refractivity contribution in [2.75, 3.05) is 12.4 Å². The van der Waals surface area contributed by atoms with Crippen molar-refractivity contribution >= 4 is 17.3 Å². The molecule has 21 heavy (non-hydrogen) atoms. The first-order valence-electron chi connectivity index (χ1n) is 5.84. The Labute approximate surface area is 118 Å². The predicted octanol–water partition coefficient (Wildman–Crippen LogP) is 1.54. The molecule has 0 saturated heterocycles. The third-order valence-corrected chi connectivity index (χ3v) is 2.65. The second-order valence-corrected chi connectivity index (χ2v) is 4.03. The molecule has 1 aromatic carbocycles. The molecule has 0 radical (unpaired) electrons. The van der Waals surface area contributed by atoms with Crippen LogP contribution in [0.15, 0.2) is 41.2 Å². The van der Waals surface area contributed by atoms with Crippen LogP contribution in [-0.2, 0) is 0 Å². The minimum absolute atomic E-state index is 0.0565. The number of carbonyl (C=O) groups is 1. The summed E-state index contributed by atoms with van der Waals surface area (Å²) in [5, 5.41) is 13.4. The minimum Gasteiger partial charge on any atom is -0.490 e. The van der Waals surface area contributed by atoms with Crippen LogP contribution in [0.1, 0.15) is 10.5 Å². The van der Waals surface area contributed by atoms with Crippen molar-refractivity contribution in [1.29, 1.82) is 0 Å². The number of pyridine rings is 1. The number of nitrogens with one attached hydrogen (secondary N) is 2. The van der Waals surface area contributed by atoms with Gasteiger partial charge in [0.25, 0.3) is 5.91 Å². The highest BCUT2D eigenvalue weighted by molar-refractivity contribution is 6.03. The van der Waals surface area contributed by atoms with Crippen LogP contribution in [0.25, 0.3) is 0 Å². The maximum atomic E-state index is 11.9. The number of carbonyl (C=O) groups excluding carboxylic acids is 1. The second-order valence-electron chi connectivity index (χ2n) is 4.03. The Morgan fingerprint density at radius 1 is 1.33 bits per heavy atom. The van der Waals surface area contributed by atoms with Crippen LogP contribution in [-0.4, -0.2) is 22.9 Å². The van der Waals surface area contributed by atoms with Crippen molar-refractivity contribution in [2.45, 2.75) is 0 Å². The maximum absolute atomic E-state index is 11.9. The highest BCUT2D eigenvalue weighted by Gasteiger charge is 2.16. The maximum Gasteiger partial charge on any atom is 0.312 e. The normalized spacial score (nSPS) is 9.95. The summed E-state index contributed by atoms with van der Waals surface area (Å²) in [6.45, 7) is 0. The lowest BCUT2D eigenvalue weighted by atomic mass is 10.2. The van der Waals surface area contributed by atoms with Crippen molar-refractivity contribution in [1.82, 2.24) is 4.98 Å². The summed E-state index contributed by atoms with van der Waals surface area (Å²) < 4.78 is 4.87. The molecule has 0 aliphatic carbocycles. The topological polar surface area (TPSA) is 114 Å². The number of hydrogen-bond donors (Lipinski definition) is 2. The van der Waals surface area contributed by atoms with Gasteiger partial charge in [-0.15, -0.1) is 0 Å². The van der Waals surface area contributed by atoms with Crippen LogP contribution in [0.2, 0.25) is 0 Å². The second kappa shape index (κ2) is 5.87. The van der Waals surface area contributed by atoms with E-state index in [9.17, 15) is 19.7 Å². The standard InChI is InChI=1S/C13H11N3O5/c1-21-11-6-5-8(7-10(11)16(19)20)14-13(18)9-3-2-4-12(17)15-9/h2-7H,1H3,(H,14,18)(H,15,17). The van der Waals surface area contributed by atoms with E-state index in [1.807, 2.05) is 0 Å². The molecule has 2 N–H and O–H groups in total. The van der Waals surface area contributed by atoms with E-state index in [1.165, 1.54) is 43.5 Å². The quantitative estimate of drug-likeness (QED) is 0.654. The monoisotopic (exact) mass is 289 g/mol. The zero-order chi connectivity index (χ0) is 15.4. The first-order valence-corrected chi connectivity index (χ1v) is 5.84. The Kier molecular flexibility index (Phi) is 3.98. The Balaban J connectivity index is 2.27. The van der Waals surface area contributed by atoms with Gasteiger partial charge in [-0.2, -0.15) is 0 Å². The summed E-state index contributed by atoms with van der Waals surface area (Å²) >= 11 is 0. The highest BCUT2D eigenvalue weighted by atomic mass is 16.6. The van der Waals surface area contributed by atoms with Gasteiger partial charge in [0, 0.05) is 17.8 Å². The lowest BCUT2D eigenvalue weighted by molar-refractivity contribution is -0.385. The molecule has 0 fully saturated rings. The largest absolute Gasteiger partial charge is 0.490 e. The van der Waals surface area contributed by atoms with E-state index >= 15 is 0 Å². The smallest absolute Gasteiger partial charge is 0.312 e. The first kappa shape index (κ1) is 14.3. The number of nitro groups is 1. The zero-order valence-electron chi connectivity index (χ0n) is 11.0. The number of hydrogen-bond acceptors (Lipinski definition) is 5. The van der Waals surface area contributed by atoms with E-state index < -0.39 is 16.4 Å². The van der Waals surface area contributed by atoms with Gasteiger partial charge in [-0.1, -0.05) is 6.07 Å². The van der Waals surface area contributed by atoms with Crippen molar-refractivity contribution in [3.63, 3.8) is 0 Å². The summed E-state index contributed by atoms with van der Waals surface area (Å²) in [4.78, 5) is 35.7. The van der Waals surface area contributed by atoms with Crippen LogP contribution < -0.4 is 15.6 Å². The molecule has 0 bridgehead atoms. The molecule has 0 unspecified atom stereocenters. The zero-order valence-corrected chi connectivity index (χ0v) is 11.0. The van der Waals surface area contributed by atoms with E-state index in [2.05, 4.69) is 10.3 Å². The van der Waals surface area contributed by atoms with Gasteiger partial charge in [0.05, 0.1) is 12.0 Å². The van der Waals surface area contributed by atoms with Gasteiger partial charge in [-0.3, -0.25) is 19.7 Å². The van der Waals surface area contributed by atoms with Crippen molar-refractivity contribution in [2.24, 2.45) is 0 Å². The average Bonchev–Trinajstić information content (AvgIpc) is 2.47. The summed E-state index contributed by atoms with van der Waals surface area (Å²) in [5.74, 6) is -0.488. The van der Waals surface area contributed by atoms with Crippen LogP contribution in [0.5, 0.6) is 5.75 Å². The van der Waals surface area contributed by atoms with Crippen LogP contribution >= 0.6 is 0 Å². The number of benzene rings is 1. The van der Waals surface area contributed by atoms with Gasteiger partial charge in [-0.05, 0) is 18.2 Å². The number of rotatable bonds is 4. The highest BCUT2D eigenvalue weighted by Crippen LogP contribution is 2.29. The third-order valence-electron chi connectivity index (χ3n) is 2.65. The molecule has 0 aliphatic heterocycles. The van der Waals surface area contributed by atoms with Crippen LogP contribution in [0.4, 0.5) is 11.4 Å². The average molecular weight is 289 g/mol. The Morgan fingerprint density at radius 3 is 2.71 bits per heavy atom. The lowest BCUT2D eigenvalue weighted by Crippen LogP contribution is -2.17. The van der Waals surface area contributed by atoms with Crippen molar-refractivity contribution < 1.29 is 14.5 Å². The molecule has 1 amide bonds. The number of aromatic amines is 1. The molecule has 2 rings (SSSR count). The fraction of sp³-hybridized carbons (Fsp3) is 0.0769. The van der Waals surface area contributed by atoms with Crippen LogP contribution in [0.3, 0.4) is 0 Å². The van der Waals surface area contributed by atoms with Gasteiger partial charge in [0.2, 0.25) is 5.56 Å². The number of amides is 1. The first-order chi connectivity index (χ1) is 10.0. The van der Waals surface area contributed by atoms with Gasteiger partial charge >= 0.3 is 5.69 Å². The number of nitro benzene ring substituents is 1. The Morgan fingerprint density at radius 2 is 2.10 bits per heavy atom. The fourth-order valence-electron chi connectivity index (χ4n) is 1.69. The molecule has 0 saturated carbocycles. The summed E-state index contributed by atoms with van der Waals surface area (Å²) in [7, 11) is 1.31. The van der Waals surface area contributed by atoms with Gasteiger partial charge in [-0.25, -0.2) is 0 Å². The predicted molar refractivity (Wildman–Crippen MR) is 74.7 cm³/mol. The van der Waals surface area contributed by atoms with Crippen LogP contribution in [0, 0.1) is 10.1 Å². The lowest BCUT2D eigenvalue weighted by Gasteiger charge is -2.07. The molecule has 0 atom stereocenters. The Hall–Kier alpha value is -3.16. The Bertz CT molecular complexity index is 753. The number of methoxy groups -OCH3 is 1. The van der Waals surface area contributed by atoms with Gasteiger partial charge < -0.3 is 15.0 Å². The molecule has 8 heteroatoms. The van der Waals surface area contributed by atoms with E-state index in [4.69, 9.17) is 4.74 Å². The minimum atomic E-state index is -0.612. The van der Waals surface area contributed by atoms with Crippen molar-refractivity contribution in [3.8, 4) is 5.75 Å². The molecule has 8 nitrogen and oxygen atoms in total. The summed E-state index contributed by atoms with van der Waals surface area (Å²) in [5.41, 5.74) is -0.404. The molecule has 0 spiro atoms. The molecule has 1 heterocycles. The van der Waals surface area contributed by atoms with E-state index in [-0.39, 0.29) is 22.8 Å². The van der Waals surface area contributed by atoms with E-state index in [0.29, 0.717) is 0 Å². The SMILES string of the molecule is COc1ccc(NC(=O)c2cccc(=O)[nH]2)cc1[N+](=O)[O-]. The van der Waals surface area contributed by atoms with E-state index in [1.54, 1.807) is 0 Å². The fourth-order valence-corrected chi connectivity index (χ4v) is 1.69. The number of anilines is 1. The molecular weight excluding hydrogens is 278 g/mol. The third kappa shape index (κ3) is 3.24. The summed E-state index contributed by atoms with van der Waals surface area (Å²) in [6.07, 6.45) is 0. The molecular formula is C13H11N3O5. The summed E-state index contributed by atoms with van der Waals surface area (Å²) in [6, 6.07) is 8.15. The van der Waals surface area contributed by atoms with Gasteiger partial charge in [0.1, 0.15) is 5.69 Å². The number of ether oxygens (including phenoxy) is 1. The molecule has 2 aromatic rings. The number of nitrogens with zero attached hydrogens (tertiary/aromatic N) is 1. The molecule has 1 aromatic heterocycles. The molecule has 0 aliphatic rings. The number of aromatic nitrogens is 1. The molecule has 108 valence electrons. The van der Waals surface area contributed by atoms with Crippen molar-refractivity contribution in [3.05, 3.63) is 62.6 Å². The van der Waals surface area contributed by atoms with Gasteiger partial charge in [0.15, 0.2) is 5.75 Å².